The fourth-order valence-corrected chi connectivity index (χ4v) is 4.17. The largest absolute Gasteiger partial charge is 0.480 e. The molecule has 8 N–H and O–H groups in total. The second-order valence-electron chi connectivity index (χ2n) is 10.3. The Morgan fingerprint density at radius 1 is 0.897 bits per heavy atom. The molecule has 4 unspecified atom stereocenters. The van der Waals surface area contributed by atoms with E-state index in [9.17, 15) is 24.3 Å². The zero-order valence-corrected chi connectivity index (χ0v) is 22.5. The third-order valence-corrected chi connectivity index (χ3v) is 6.59. The Morgan fingerprint density at radius 3 is 2.21 bits per heavy atom. The third-order valence-electron chi connectivity index (χ3n) is 6.59. The van der Waals surface area contributed by atoms with Gasteiger partial charge in [0.1, 0.15) is 18.1 Å². The first-order chi connectivity index (χ1) is 18.5. The number of amides is 3. The molecule has 0 saturated carbocycles. The molecule has 0 radical (unpaired) electrons. The molecule has 0 fully saturated rings. The maximum atomic E-state index is 13.4. The number of hydrogen-bond acceptors (Lipinski definition) is 6. The van der Waals surface area contributed by atoms with E-state index < -0.39 is 47.9 Å². The quantitative estimate of drug-likeness (QED) is 0.167. The molecule has 12 heteroatoms. The standard InChI is InChI=1S/C27H37N7O5/c1-14(2)22(28)25(36)34-23(15(3)4)26(37)32-20(10-17-12-29-13-31-17)24(35)33-21(27(38)39)9-16-11-30-19-8-6-5-7-18(16)19/h5-8,11-15,20-23,30H,9-10,28H2,1-4H3,(H,29,31)(H,32,37)(H,33,35)(H,34,36)(H,38,39). The van der Waals surface area contributed by atoms with E-state index in [1.165, 1.54) is 12.5 Å². The Labute approximate surface area is 226 Å². The van der Waals surface area contributed by atoms with Gasteiger partial charge in [0.05, 0.1) is 12.4 Å². The van der Waals surface area contributed by atoms with Crippen LogP contribution in [0.3, 0.4) is 0 Å². The lowest BCUT2D eigenvalue weighted by molar-refractivity contribution is -0.142. The van der Waals surface area contributed by atoms with Crippen molar-refractivity contribution in [3.05, 3.63) is 54.2 Å². The first kappa shape index (κ1) is 29.4. The highest BCUT2D eigenvalue weighted by Gasteiger charge is 2.32. The van der Waals surface area contributed by atoms with Crippen LogP contribution in [0.4, 0.5) is 0 Å². The van der Waals surface area contributed by atoms with E-state index in [-0.39, 0.29) is 24.7 Å². The zero-order valence-electron chi connectivity index (χ0n) is 22.5. The summed E-state index contributed by atoms with van der Waals surface area (Å²) in [5.74, 6) is -3.40. The summed E-state index contributed by atoms with van der Waals surface area (Å²) in [6.45, 7) is 7.12. The average molecular weight is 540 g/mol. The zero-order chi connectivity index (χ0) is 28.7. The van der Waals surface area contributed by atoms with Gasteiger partial charge in [-0.05, 0) is 23.5 Å². The van der Waals surface area contributed by atoms with Gasteiger partial charge in [0.2, 0.25) is 17.7 Å². The number of nitrogens with zero attached hydrogens (tertiary/aromatic N) is 1. The van der Waals surface area contributed by atoms with Crippen LogP contribution in [0, 0.1) is 11.8 Å². The van der Waals surface area contributed by atoms with Crippen molar-refractivity contribution in [3.63, 3.8) is 0 Å². The Bertz CT molecular complexity index is 1280. The Hall–Kier alpha value is -4.19. The minimum atomic E-state index is -1.25. The van der Waals surface area contributed by atoms with Gasteiger partial charge in [-0.3, -0.25) is 14.4 Å². The number of nitrogens with one attached hydrogen (secondary N) is 5. The van der Waals surface area contributed by atoms with Gasteiger partial charge >= 0.3 is 5.97 Å². The lowest BCUT2D eigenvalue weighted by atomic mass is 9.99. The molecule has 3 rings (SSSR count). The smallest absolute Gasteiger partial charge is 0.326 e. The third kappa shape index (κ3) is 7.66. The molecule has 1 aromatic carbocycles. The molecule has 3 amide bonds. The van der Waals surface area contributed by atoms with Crippen molar-refractivity contribution >= 4 is 34.6 Å². The summed E-state index contributed by atoms with van der Waals surface area (Å²) in [7, 11) is 0. The van der Waals surface area contributed by atoms with E-state index in [2.05, 4.69) is 30.9 Å². The van der Waals surface area contributed by atoms with E-state index in [0.717, 1.165) is 16.5 Å². The van der Waals surface area contributed by atoms with Crippen LogP contribution in [-0.4, -0.2) is 67.9 Å². The molecular formula is C27H37N7O5. The molecule has 0 bridgehead atoms. The van der Waals surface area contributed by atoms with Crippen LogP contribution in [-0.2, 0) is 32.0 Å². The first-order valence-electron chi connectivity index (χ1n) is 12.9. The summed E-state index contributed by atoms with van der Waals surface area (Å²) in [5, 5.41) is 18.7. The maximum Gasteiger partial charge on any atom is 0.326 e. The number of benzene rings is 1. The lowest BCUT2D eigenvalue weighted by Gasteiger charge is -2.27. The molecule has 3 aromatic rings. The Balaban J connectivity index is 1.78. The number of nitrogens with two attached hydrogens (primary N) is 1. The normalized spacial score (nSPS) is 14.5. The van der Waals surface area contributed by atoms with E-state index in [1.54, 1.807) is 33.9 Å². The number of fused-ring (bicyclic) bond motifs is 1. The van der Waals surface area contributed by atoms with Gasteiger partial charge in [-0.2, -0.15) is 0 Å². The molecule has 39 heavy (non-hydrogen) atoms. The number of rotatable bonds is 13. The molecule has 4 atom stereocenters. The summed E-state index contributed by atoms with van der Waals surface area (Å²) in [4.78, 5) is 61.3. The monoisotopic (exact) mass is 539 g/mol. The van der Waals surface area contributed by atoms with Gasteiger partial charge in [0, 0.05) is 41.8 Å². The highest BCUT2D eigenvalue weighted by Crippen LogP contribution is 2.19. The molecule has 210 valence electrons. The van der Waals surface area contributed by atoms with Crippen molar-refractivity contribution in [3.8, 4) is 0 Å². The van der Waals surface area contributed by atoms with Gasteiger partial charge in [0.25, 0.3) is 0 Å². The number of aromatic amines is 2. The predicted octanol–water partition coefficient (Wildman–Crippen LogP) is 0.855. The number of para-hydroxylation sites is 1. The van der Waals surface area contributed by atoms with Gasteiger partial charge in [0.15, 0.2) is 0 Å². The Morgan fingerprint density at radius 2 is 1.59 bits per heavy atom. The van der Waals surface area contributed by atoms with Gasteiger partial charge in [-0.15, -0.1) is 0 Å². The molecular weight excluding hydrogens is 502 g/mol. The molecule has 2 heterocycles. The number of carbonyl (C=O) groups is 4. The van der Waals surface area contributed by atoms with Gasteiger partial charge < -0.3 is 36.8 Å². The molecule has 0 aliphatic rings. The first-order valence-corrected chi connectivity index (χ1v) is 12.9. The number of carboxylic acids is 1. The SMILES string of the molecule is CC(C)C(N)C(=O)NC(C(=O)NC(Cc1cnc[nH]1)C(=O)NC(Cc1c[nH]c2ccccc12)C(=O)O)C(C)C. The average Bonchev–Trinajstić information content (AvgIpc) is 3.55. The van der Waals surface area contributed by atoms with E-state index >= 15 is 0 Å². The van der Waals surface area contributed by atoms with Crippen LogP contribution >= 0.6 is 0 Å². The topological polar surface area (TPSA) is 195 Å². The van der Waals surface area contributed by atoms with Crippen molar-refractivity contribution in [2.45, 2.75) is 64.7 Å². The van der Waals surface area contributed by atoms with Crippen molar-refractivity contribution in [1.82, 2.24) is 30.9 Å². The molecule has 0 saturated heterocycles. The molecule has 12 nitrogen and oxygen atoms in total. The number of aromatic nitrogens is 3. The Kier molecular flexibility index (Phi) is 9.83. The number of H-pyrrole nitrogens is 2. The van der Waals surface area contributed by atoms with E-state index in [4.69, 9.17) is 5.73 Å². The summed E-state index contributed by atoms with van der Waals surface area (Å²) >= 11 is 0. The minimum absolute atomic E-state index is 0.0290. The van der Waals surface area contributed by atoms with Crippen LogP contribution in [0.2, 0.25) is 0 Å². The fraction of sp³-hybridized carbons (Fsp3) is 0.444. The highest BCUT2D eigenvalue weighted by molar-refractivity contribution is 5.94. The summed E-state index contributed by atoms with van der Waals surface area (Å²) in [6, 6.07) is 3.31. The molecule has 0 aliphatic carbocycles. The van der Waals surface area contributed by atoms with Crippen LogP contribution in [0.15, 0.2) is 43.0 Å². The molecule has 0 aliphatic heterocycles. The van der Waals surface area contributed by atoms with Crippen LogP contribution in [0.1, 0.15) is 39.0 Å². The lowest BCUT2D eigenvalue weighted by Crippen LogP contribution is -2.59. The van der Waals surface area contributed by atoms with Crippen molar-refractivity contribution < 1.29 is 24.3 Å². The van der Waals surface area contributed by atoms with E-state index in [0.29, 0.717) is 5.69 Å². The van der Waals surface area contributed by atoms with Crippen molar-refractivity contribution in [2.75, 3.05) is 0 Å². The van der Waals surface area contributed by atoms with Gasteiger partial charge in [-0.1, -0.05) is 45.9 Å². The van der Waals surface area contributed by atoms with Crippen molar-refractivity contribution in [2.24, 2.45) is 17.6 Å². The summed E-state index contributed by atoms with van der Waals surface area (Å²) in [6.07, 6.45) is 4.73. The summed E-state index contributed by atoms with van der Waals surface area (Å²) < 4.78 is 0. The van der Waals surface area contributed by atoms with Crippen molar-refractivity contribution in [1.29, 1.82) is 0 Å². The number of carboxylic acid groups (broad SMARTS) is 1. The van der Waals surface area contributed by atoms with Gasteiger partial charge in [-0.25, -0.2) is 9.78 Å². The summed E-state index contributed by atoms with van der Waals surface area (Å²) in [5.41, 5.74) is 8.09. The van der Waals surface area contributed by atoms with Crippen LogP contribution in [0.5, 0.6) is 0 Å². The highest BCUT2D eigenvalue weighted by atomic mass is 16.4. The number of carbonyl (C=O) groups excluding carboxylic acids is 3. The fourth-order valence-electron chi connectivity index (χ4n) is 4.17. The molecule has 0 spiro atoms. The van der Waals surface area contributed by atoms with E-state index in [1.807, 2.05) is 24.3 Å². The second kappa shape index (κ2) is 13.1. The maximum absolute atomic E-state index is 13.4. The number of imidazole rings is 1. The number of aliphatic carboxylic acids is 1. The molecule has 2 aromatic heterocycles. The second-order valence-corrected chi connectivity index (χ2v) is 10.3. The predicted molar refractivity (Wildman–Crippen MR) is 145 cm³/mol. The minimum Gasteiger partial charge on any atom is -0.480 e. The van der Waals surface area contributed by atoms with Crippen LogP contribution in [0.25, 0.3) is 10.9 Å². The van der Waals surface area contributed by atoms with Crippen LogP contribution < -0.4 is 21.7 Å². The number of hydrogen-bond donors (Lipinski definition) is 7.